The van der Waals surface area contributed by atoms with Crippen molar-refractivity contribution in [3.05, 3.63) is 57.1 Å². The molecule has 2 N–H and O–H groups in total. The van der Waals surface area contributed by atoms with Crippen LogP contribution in [0.3, 0.4) is 0 Å². The summed E-state index contributed by atoms with van der Waals surface area (Å²) in [5.41, 5.74) is -1.03. The minimum atomic E-state index is -4.66. The van der Waals surface area contributed by atoms with Gasteiger partial charge in [0, 0.05) is 5.56 Å². The van der Waals surface area contributed by atoms with Gasteiger partial charge in [0.2, 0.25) is 11.1 Å². The Balaban J connectivity index is 1.73. The molecule has 0 saturated heterocycles. The molecule has 0 unspecified atom stereocenters. The van der Waals surface area contributed by atoms with Crippen molar-refractivity contribution in [2.75, 3.05) is 11.1 Å². The Bertz CT molecular complexity index is 1330. The molecule has 0 fully saturated rings. The number of nitrogens with zero attached hydrogens (tertiary/aromatic N) is 4. The van der Waals surface area contributed by atoms with Crippen LogP contribution in [0.2, 0.25) is 10.0 Å². The van der Waals surface area contributed by atoms with Crippen molar-refractivity contribution in [1.82, 2.24) is 20.2 Å². The number of halogens is 5. The Labute approximate surface area is 213 Å². The Morgan fingerprint density at radius 1 is 1.23 bits per heavy atom. The molecule has 3 aromatic rings. The minimum Gasteiger partial charge on any atom is -0.378 e. The van der Waals surface area contributed by atoms with E-state index in [1.165, 1.54) is 13.0 Å². The zero-order valence-corrected chi connectivity index (χ0v) is 20.9. The van der Waals surface area contributed by atoms with E-state index >= 15 is 0 Å². The van der Waals surface area contributed by atoms with Crippen molar-refractivity contribution in [3.8, 4) is 17.5 Å². The molecule has 0 aliphatic heterocycles. The molecule has 0 saturated carbocycles. The standard InChI is InChI=1S/C22H18Cl2F3N5O2S/c1-12-8-14(22(25,26)27)19(24)17(9-12)32-20(29-30-31-32)35-11-18(33)28-16-5-4-13(10-15(16)23)6-7-21(2,3)34/h4-5,8-10,34H,11H2,1-3H3,(H,28,33). The maximum absolute atomic E-state index is 13.3. The van der Waals surface area contributed by atoms with Gasteiger partial charge >= 0.3 is 6.18 Å². The summed E-state index contributed by atoms with van der Waals surface area (Å²) >= 11 is 13.1. The lowest BCUT2D eigenvalue weighted by molar-refractivity contribution is -0.137. The van der Waals surface area contributed by atoms with E-state index in [-0.39, 0.29) is 21.6 Å². The van der Waals surface area contributed by atoms with Gasteiger partial charge in [-0.2, -0.15) is 17.9 Å². The summed E-state index contributed by atoms with van der Waals surface area (Å²) in [5.74, 6) is 4.84. The number of thioether (sulfide) groups is 1. The van der Waals surface area contributed by atoms with Crippen molar-refractivity contribution in [1.29, 1.82) is 0 Å². The number of nitrogens with one attached hydrogen (secondary N) is 1. The van der Waals surface area contributed by atoms with Gasteiger partial charge in [0.15, 0.2) is 0 Å². The minimum absolute atomic E-state index is 0.0577. The van der Waals surface area contributed by atoms with Crippen molar-refractivity contribution in [3.63, 3.8) is 0 Å². The molecule has 0 aliphatic rings. The Hall–Kier alpha value is -2.78. The van der Waals surface area contributed by atoms with Gasteiger partial charge in [0.25, 0.3) is 0 Å². The number of carbonyl (C=O) groups excluding carboxylic acids is 1. The van der Waals surface area contributed by atoms with E-state index in [4.69, 9.17) is 23.2 Å². The monoisotopic (exact) mass is 543 g/mol. The van der Waals surface area contributed by atoms with Gasteiger partial charge in [-0.15, -0.1) is 5.10 Å². The van der Waals surface area contributed by atoms with Crippen molar-refractivity contribution >= 4 is 46.6 Å². The summed E-state index contributed by atoms with van der Waals surface area (Å²) in [4.78, 5) is 12.5. The number of hydrogen-bond acceptors (Lipinski definition) is 6. The fourth-order valence-corrected chi connectivity index (χ4v) is 3.97. The van der Waals surface area contributed by atoms with Crippen LogP contribution < -0.4 is 5.32 Å². The lowest BCUT2D eigenvalue weighted by Crippen LogP contribution is -2.15. The topological polar surface area (TPSA) is 92.9 Å². The van der Waals surface area contributed by atoms with Gasteiger partial charge in [-0.25, -0.2) is 0 Å². The molecule has 35 heavy (non-hydrogen) atoms. The van der Waals surface area contributed by atoms with Gasteiger partial charge in [0.05, 0.1) is 32.7 Å². The first-order valence-corrected chi connectivity index (χ1v) is 11.6. The summed E-state index contributed by atoms with van der Waals surface area (Å²) in [6.45, 7) is 4.59. The number of rotatable bonds is 5. The van der Waals surface area contributed by atoms with Crippen molar-refractivity contribution in [2.24, 2.45) is 0 Å². The number of aryl methyl sites for hydroxylation is 1. The van der Waals surface area contributed by atoms with E-state index in [0.29, 0.717) is 16.8 Å². The predicted octanol–water partition coefficient (Wildman–Crippen LogP) is 5.15. The second kappa shape index (κ2) is 10.5. The quantitative estimate of drug-likeness (QED) is 0.341. The third-order valence-corrected chi connectivity index (χ3v) is 5.89. The average molecular weight is 544 g/mol. The molecule has 0 aliphatic carbocycles. The Morgan fingerprint density at radius 2 is 1.94 bits per heavy atom. The maximum atomic E-state index is 13.3. The molecular formula is C22H18Cl2F3N5O2S. The average Bonchev–Trinajstić information content (AvgIpc) is 3.21. The summed E-state index contributed by atoms with van der Waals surface area (Å²) in [6, 6.07) is 7.09. The Morgan fingerprint density at radius 3 is 2.57 bits per heavy atom. The number of benzene rings is 2. The number of amides is 1. The highest BCUT2D eigenvalue weighted by atomic mass is 35.5. The first-order valence-electron chi connectivity index (χ1n) is 9.88. The van der Waals surface area contributed by atoms with Gasteiger partial charge in [0.1, 0.15) is 5.60 Å². The third kappa shape index (κ3) is 7.11. The van der Waals surface area contributed by atoms with E-state index in [0.717, 1.165) is 22.5 Å². The number of carbonyl (C=O) groups is 1. The predicted molar refractivity (Wildman–Crippen MR) is 128 cm³/mol. The van der Waals surface area contributed by atoms with Crippen molar-refractivity contribution < 1.29 is 23.1 Å². The first-order chi connectivity index (χ1) is 16.2. The first kappa shape index (κ1) is 26.8. The van der Waals surface area contributed by atoms with Crippen molar-refractivity contribution in [2.45, 2.75) is 37.7 Å². The van der Waals surface area contributed by atoms with Crippen LogP contribution in [-0.2, 0) is 11.0 Å². The van der Waals surface area contributed by atoms with Crippen LogP contribution in [0, 0.1) is 18.8 Å². The van der Waals surface area contributed by atoms with E-state index < -0.39 is 28.3 Å². The van der Waals surface area contributed by atoms with Crippen LogP contribution >= 0.6 is 35.0 Å². The zero-order chi connectivity index (χ0) is 26.0. The van der Waals surface area contributed by atoms with E-state index in [1.807, 2.05) is 0 Å². The summed E-state index contributed by atoms with van der Waals surface area (Å²) in [6.07, 6.45) is -4.66. The highest BCUT2D eigenvalue weighted by molar-refractivity contribution is 7.99. The van der Waals surface area contributed by atoms with Gasteiger partial charge < -0.3 is 10.4 Å². The zero-order valence-electron chi connectivity index (χ0n) is 18.5. The molecule has 1 amide bonds. The smallest absolute Gasteiger partial charge is 0.378 e. The SMILES string of the molecule is Cc1cc(-n2nnnc2SCC(=O)Nc2ccc(C#CC(C)(C)O)cc2Cl)c(Cl)c(C(F)(F)F)c1. The number of tetrazole rings is 1. The number of aliphatic hydroxyl groups is 1. The highest BCUT2D eigenvalue weighted by Gasteiger charge is 2.35. The van der Waals surface area contributed by atoms with Gasteiger partial charge in [-0.05, 0) is 67.1 Å². The lowest BCUT2D eigenvalue weighted by Gasteiger charge is -2.14. The summed E-state index contributed by atoms with van der Waals surface area (Å²) in [7, 11) is 0. The fourth-order valence-electron chi connectivity index (χ4n) is 2.77. The molecule has 0 radical (unpaired) electrons. The van der Waals surface area contributed by atoms with Crippen LogP contribution in [0.15, 0.2) is 35.5 Å². The fraction of sp³-hybridized carbons (Fsp3) is 0.273. The van der Waals surface area contributed by atoms with E-state index in [9.17, 15) is 23.1 Å². The van der Waals surface area contributed by atoms with Crippen LogP contribution in [0.5, 0.6) is 0 Å². The van der Waals surface area contributed by atoms with Crippen LogP contribution in [0.1, 0.15) is 30.5 Å². The van der Waals surface area contributed by atoms with E-state index in [2.05, 4.69) is 32.7 Å². The summed E-state index contributed by atoms with van der Waals surface area (Å²) in [5, 5.41) is 23.1. The molecule has 1 heterocycles. The Kier molecular flexibility index (Phi) is 8.01. The molecule has 7 nitrogen and oxygen atoms in total. The highest BCUT2D eigenvalue weighted by Crippen LogP contribution is 2.39. The van der Waals surface area contributed by atoms with E-state index in [1.54, 1.807) is 32.0 Å². The second-order valence-electron chi connectivity index (χ2n) is 7.86. The maximum Gasteiger partial charge on any atom is 0.417 e. The molecular weight excluding hydrogens is 526 g/mol. The van der Waals surface area contributed by atoms with Gasteiger partial charge in [-0.3, -0.25) is 4.79 Å². The molecule has 3 rings (SSSR count). The van der Waals surface area contributed by atoms with Crippen LogP contribution in [0.4, 0.5) is 18.9 Å². The lowest BCUT2D eigenvalue weighted by atomic mass is 10.1. The van der Waals surface area contributed by atoms with Crippen LogP contribution in [0.25, 0.3) is 5.69 Å². The molecule has 0 atom stereocenters. The summed E-state index contributed by atoms with van der Waals surface area (Å²) < 4.78 is 41.0. The molecule has 2 aromatic carbocycles. The third-order valence-electron chi connectivity index (χ3n) is 4.26. The van der Waals surface area contributed by atoms with Gasteiger partial charge in [-0.1, -0.05) is 46.8 Å². The second-order valence-corrected chi connectivity index (χ2v) is 9.58. The molecule has 13 heteroatoms. The number of anilines is 1. The molecule has 1 aromatic heterocycles. The number of alkyl halides is 3. The largest absolute Gasteiger partial charge is 0.417 e. The molecule has 0 bridgehead atoms. The van der Waals surface area contributed by atoms with Crippen LogP contribution in [-0.4, -0.2) is 42.6 Å². The number of hydrogen-bond donors (Lipinski definition) is 2. The number of aromatic nitrogens is 4. The normalized spacial score (nSPS) is 11.7. The molecule has 0 spiro atoms. The molecule has 184 valence electrons.